The summed E-state index contributed by atoms with van der Waals surface area (Å²) >= 11 is 0. The minimum absolute atomic E-state index is 0.531. The van der Waals surface area contributed by atoms with Crippen LogP contribution in [0.5, 0.6) is 0 Å². The SMILES string of the molecule is Nc1cccc(NC2CCCCC2N2CCOCC2)c1. The third kappa shape index (κ3) is 3.25. The van der Waals surface area contributed by atoms with Crippen molar-refractivity contribution in [3.8, 4) is 0 Å². The fraction of sp³-hybridized carbons (Fsp3) is 0.625. The Morgan fingerprint density at radius 3 is 2.75 bits per heavy atom. The van der Waals surface area contributed by atoms with Crippen LogP contribution in [0.1, 0.15) is 25.7 Å². The molecule has 0 aromatic heterocycles. The zero-order chi connectivity index (χ0) is 13.8. The van der Waals surface area contributed by atoms with E-state index in [9.17, 15) is 0 Å². The average molecular weight is 275 g/mol. The molecule has 1 saturated carbocycles. The summed E-state index contributed by atoms with van der Waals surface area (Å²) in [6.07, 6.45) is 5.20. The van der Waals surface area contributed by atoms with E-state index < -0.39 is 0 Å². The standard InChI is InChI=1S/C16H25N3O/c17-13-4-3-5-14(12-13)18-15-6-1-2-7-16(15)19-8-10-20-11-9-19/h3-5,12,15-16,18H,1-2,6-11,17H2. The fourth-order valence-electron chi connectivity index (χ4n) is 3.47. The molecule has 110 valence electrons. The molecule has 3 rings (SSSR count). The van der Waals surface area contributed by atoms with Crippen molar-refractivity contribution in [1.29, 1.82) is 0 Å². The fourth-order valence-corrected chi connectivity index (χ4v) is 3.47. The molecule has 1 aromatic rings. The number of rotatable bonds is 3. The predicted octanol–water partition coefficient (Wildman–Crippen LogP) is 2.32. The largest absolute Gasteiger partial charge is 0.399 e. The number of nitrogens with two attached hydrogens (primary N) is 1. The summed E-state index contributed by atoms with van der Waals surface area (Å²) in [5, 5.41) is 3.71. The molecule has 0 bridgehead atoms. The van der Waals surface area contributed by atoms with Gasteiger partial charge >= 0.3 is 0 Å². The molecule has 2 aliphatic rings. The van der Waals surface area contributed by atoms with Crippen LogP contribution >= 0.6 is 0 Å². The molecule has 1 saturated heterocycles. The minimum atomic E-state index is 0.531. The van der Waals surface area contributed by atoms with Crippen LogP contribution < -0.4 is 11.1 Å². The highest BCUT2D eigenvalue weighted by molar-refractivity contribution is 5.54. The number of hydrogen-bond donors (Lipinski definition) is 2. The molecule has 2 atom stereocenters. The van der Waals surface area contributed by atoms with Gasteiger partial charge in [-0.1, -0.05) is 18.9 Å². The lowest BCUT2D eigenvalue weighted by atomic mass is 9.88. The summed E-state index contributed by atoms with van der Waals surface area (Å²) in [5.74, 6) is 0. The second-order valence-corrected chi connectivity index (χ2v) is 5.88. The maximum absolute atomic E-state index is 5.87. The van der Waals surface area contributed by atoms with Gasteiger partial charge in [0.05, 0.1) is 13.2 Å². The van der Waals surface area contributed by atoms with E-state index in [-0.39, 0.29) is 0 Å². The number of benzene rings is 1. The van der Waals surface area contributed by atoms with Gasteiger partial charge in [-0.05, 0) is 31.0 Å². The van der Waals surface area contributed by atoms with E-state index >= 15 is 0 Å². The monoisotopic (exact) mass is 275 g/mol. The van der Waals surface area contributed by atoms with E-state index in [1.54, 1.807) is 0 Å². The van der Waals surface area contributed by atoms with Crippen LogP contribution in [0.2, 0.25) is 0 Å². The third-order valence-electron chi connectivity index (χ3n) is 4.48. The second-order valence-electron chi connectivity index (χ2n) is 5.88. The topological polar surface area (TPSA) is 50.5 Å². The van der Waals surface area contributed by atoms with Crippen molar-refractivity contribution in [2.75, 3.05) is 37.4 Å². The van der Waals surface area contributed by atoms with E-state index in [4.69, 9.17) is 10.5 Å². The van der Waals surface area contributed by atoms with E-state index in [1.165, 1.54) is 25.7 Å². The van der Waals surface area contributed by atoms with Crippen LogP contribution in [-0.4, -0.2) is 43.3 Å². The van der Waals surface area contributed by atoms with Gasteiger partial charge in [0, 0.05) is 36.5 Å². The number of nitrogens with one attached hydrogen (secondary N) is 1. The molecule has 4 heteroatoms. The maximum atomic E-state index is 5.87. The Morgan fingerprint density at radius 2 is 1.95 bits per heavy atom. The van der Waals surface area contributed by atoms with Gasteiger partial charge in [0.1, 0.15) is 0 Å². The molecule has 3 N–H and O–H groups in total. The smallest absolute Gasteiger partial charge is 0.0594 e. The number of nitrogens with zero attached hydrogens (tertiary/aromatic N) is 1. The van der Waals surface area contributed by atoms with Crippen LogP contribution in [0.3, 0.4) is 0 Å². The Bertz CT molecular complexity index is 431. The summed E-state index contributed by atoms with van der Waals surface area (Å²) in [6, 6.07) is 9.26. The maximum Gasteiger partial charge on any atom is 0.0594 e. The van der Waals surface area contributed by atoms with E-state index in [2.05, 4.69) is 16.3 Å². The molecule has 4 nitrogen and oxygen atoms in total. The summed E-state index contributed by atoms with van der Waals surface area (Å²) < 4.78 is 5.48. The summed E-state index contributed by atoms with van der Waals surface area (Å²) in [6.45, 7) is 3.89. The molecule has 0 radical (unpaired) electrons. The van der Waals surface area contributed by atoms with E-state index in [0.717, 1.165) is 37.7 Å². The van der Waals surface area contributed by atoms with Gasteiger partial charge in [-0.15, -0.1) is 0 Å². The normalized spacial score (nSPS) is 28.2. The van der Waals surface area contributed by atoms with Gasteiger partial charge in [0.15, 0.2) is 0 Å². The van der Waals surface area contributed by atoms with Crippen LogP contribution in [0.4, 0.5) is 11.4 Å². The van der Waals surface area contributed by atoms with Crippen molar-refractivity contribution in [3.05, 3.63) is 24.3 Å². The van der Waals surface area contributed by atoms with Crippen molar-refractivity contribution in [1.82, 2.24) is 4.90 Å². The Labute approximate surface area is 121 Å². The van der Waals surface area contributed by atoms with E-state index in [0.29, 0.717) is 12.1 Å². The van der Waals surface area contributed by atoms with Crippen LogP contribution in [-0.2, 0) is 4.74 Å². The first-order valence-electron chi connectivity index (χ1n) is 7.77. The molecule has 0 spiro atoms. The number of nitrogen functional groups attached to an aromatic ring is 1. The van der Waals surface area contributed by atoms with Gasteiger partial charge < -0.3 is 15.8 Å². The molecule has 1 aliphatic heterocycles. The number of ether oxygens (including phenoxy) is 1. The lowest BCUT2D eigenvalue weighted by molar-refractivity contribution is 0.00560. The predicted molar refractivity (Wildman–Crippen MR) is 82.9 cm³/mol. The van der Waals surface area contributed by atoms with Crippen molar-refractivity contribution >= 4 is 11.4 Å². The molecule has 1 aliphatic carbocycles. The number of morpholine rings is 1. The zero-order valence-corrected chi connectivity index (χ0v) is 12.1. The van der Waals surface area contributed by atoms with Crippen molar-refractivity contribution in [2.45, 2.75) is 37.8 Å². The Morgan fingerprint density at radius 1 is 1.15 bits per heavy atom. The first kappa shape index (κ1) is 13.7. The summed E-state index contributed by atoms with van der Waals surface area (Å²) in [4.78, 5) is 2.60. The molecule has 0 amide bonds. The molecule has 2 unspecified atom stereocenters. The summed E-state index contributed by atoms with van der Waals surface area (Å²) in [5.41, 5.74) is 7.85. The molecule has 2 fully saturated rings. The van der Waals surface area contributed by atoms with Gasteiger partial charge in [-0.25, -0.2) is 0 Å². The van der Waals surface area contributed by atoms with Crippen molar-refractivity contribution < 1.29 is 4.74 Å². The number of hydrogen-bond acceptors (Lipinski definition) is 4. The van der Waals surface area contributed by atoms with Crippen molar-refractivity contribution in [2.24, 2.45) is 0 Å². The van der Waals surface area contributed by atoms with Gasteiger partial charge in [-0.3, -0.25) is 4.90 Å². The Hall–Kier alpha value is -1.26. The molecular weight excluding hydrogens is 250 g/mol. The highest BCUT2D eigenvalue weighted by Crippen LogP contribution is 2.27. The molecule has 20 heavy (non-hydrogen) atoms. The first-order valence-corrected chi connectivity index (χ1v) is 7.77. The highest BCUT2D eigenvalue weighted by atomic mass is 16.5. The lowest BCUT2D eigenvalue weighted by Gasteiger charge is -2.42. The van der Waals surface area contributed by atoms with Crippen molar-refractivity contribution in [3.63, 3.8) is 0 Å². The highest BCUT2D eigenvalue weighted by Gasteiger charge is 2.30. The molecule has 1 heterocycles. The van der Waals surface area contributed by atoms with Crippen LogP contribution in [0, 0.1) is 0 Å². The first-order chi connectivity index (χ1) is 9.83. The van der Waals surface area contributed by atoms with Gasteiger partial charge in [0.2, 0.25) is 0 Å². The van der Waals surface area contributed by atoms with Crippen LogP contribution in [0.25, 0.3) is 0 Å². The minimum Gasteiger partial charge on any atom is -0.399 e. The Balaban J connectivity index is 1.68. The lowest BCUT2D eigenvalue weighted by Crippen LogP contribution is -2.52. The molecular formula is C16H25N3O. The third-order valence-corrected chi connectivity index (χ3v) is 4.48. The second kappa shape index (κ2) is 6.46. The number of anilines is 2. The average Bonchev–Trinajstić information content (AvgIpc) is 2.49. The van der Waals surface area contributed by atoms with E-state index in [1.807, 2.05) is 18.2 Å². The quantitative estimate of drug-likeness (QED) is 0.831. The zero-order valence-electron chi connectivity index (χ0n) is 12.1. The van der Waals surface area contributed by atoms with Crippen LogP contribution in [0.15, 0.2) is 24.3 Å². The van der Waals surface area contributed by atoms with Gasteiger partial charge in [0.25, 0.3) is 0 Å². The van der Waals surface area contributed by atoms with Gasteiger partial charge in [-0.2, -0.15) is 0 Å². The Kier molecular flexibility index (Phi) is 4.43. The molecule has 1 aromatic carbocycles. The summed E-state index contributed by atoms with van der Waals surface area (Å²) in [7, 11) is 0.